The highest BCUT2D eigenvalue weighted by Crippen LogP contribution is 2.19. The van der Waals surface area contributed by atoms with E-state index in [0.717, 1.165) is 30.0 Å². The van der Waals surface area contributed by atoms with Crippen molar-refractivity contribution in [3.8, 4) is 0 Å². The molecule has 4 heteroatoms. The van der Waals surface area contributed by atoms with E-state index in [1.807, 2.05) is 20.0 Å². The van der Waals surface area contributed by atoms with E-state index in [-0.39, 0.29) is 0 Å². The van der Waals surface area contributed by atoms with Crippen LogP contribution >= 0.6 is 0 Å². The van der Waals surface area contributed by atoms with Gasteiger partial charge in [-0.1, -0.05) is 25.5 Å². The molecule has 0 fully saturated rings. The maximum atomic E-state index is 4.48. The molecule has 4 nitrogen and oxygen atoms in total. The second-order valence-corrected chi connectivity index (χ2v) is 4.83. The summed E-state index contributed by atoms with van der Waals surface area (Å²) in [7, 11) is 0. The third-order valence-electron chi connectivity index (χ3n) is 3.06. The Hall–Kier alpha value is -2.10. The lowest BCUT2D eigenvalue weighted by molar-refractivity contribution is 0.922. The first-order valence-electron chi connectivity index (χ1n) is 7.16. The number of aromatic nitrogens is 2. The molecule has 0 radical (unpaired) electrons. The first-order chi connectivity index (χ1) is 9.72. The van der Waals surface area contributed by atoms with Gasteiger partial charge in [-0.05, 0) is 38.0 Å². The van der Waals surface area contributed by atoms with E-state index in [9.17, 15) is 0 Å². The van der Waals surface area contributed by atoms with Crippen molar-refractivity contribution in [2.24, 2.45) is 0 Å². The number of aryl methyl sites for hydroxylation is 2. The number of anilines is 3. The molecule has 1 aromatic heterocycles. The molecule has 2 aromatic rings. The lowest BCUT2D eigenvalue weighted by Gasteiger charge is -2.10. The highest BCUT2D eigenvalue weighted by Gasteiger charge is 2.04. The predicted molar refractivity (Wildman–Crippen MR) is 84.7 cm³/mol. The smallest absolute Gasteiger partial charge is 0.224 e. The number of rotatable bonds is 6. The van der Waals surface area contributed by atoms with E-state index in [0.29, 0.717) is 5.95 Å². The summed E-state index contributed by atoms with van der Waals surface area (Å²) in [5.41, 5.74) is 3.45. The van der Waals surface area contributed by atoms with Crippen LogP contribution in [0.2, 0.25) is 0 Å². The van der Waals surface area contributed by atoms with Gasteiger partial charge in [0.25, 0.3) is 0 Å². The van der Waals surface area contributed by atoms with Crippen LogP contribution in [0.5, 0.6) is 0 Å². The van der Waals surface area contributed by atoms with Crippen molar-refractivity contribution in [3.05, 3.63) is 41.6 Å². The summed E-state index contributed by atoms with van der Waals surface area (Å²) in [6.45, 7) is 7.04. The molecular weight excluding hydrogens is 248 g/mol. The van der Waals surface area contributed by atoms with Crippen LogP contribution in [-0.2, 0) is 6.42 Å². The lowest BCUT2D eigenvalue weighted by atomic mass is 10.1. The molecule has 0 aliphatic carbocycles. The minimum Gasteiger partial charge on any atom is -0.354 e. The van der Waals surface area contributed by atoms with Crippen molar-refractivity contribution in [1.29, 1.82) is 0 Å². The topological polar surface area (TPSA) is 49.8 Å². The fraction of sp³-hybridized carbons (Fsp3) is 0.375. The van der Waals surface area contributed by atoms with Crippen LogP contribution in [0.15, 0.2) is 30.5 Å². The van der Waals surface area contributed by atoms with Crippen molar-refractivity contribution in [1.82, 2.24) is 9.97 Å². The van der Waals surface area contributed by atoms with Crippen LogP contribution in [0, 0.1) is 6.92 Å². The molecule has 1 aromatic carbocycles. The summed E-state index contributed by atoms with van der Waals surface area (Å²) in [6, 6.07) is 8.51. The number of hydrogen-bond acceptors (Lipinski definition) is 4. The third-order valence-corrected chi connectivity index (χ3v) is 3.06. The molecule has 0 aliphatic heterocycles. The average molecular weight is 270 g/mol. The Labute approximate surface area is 120 Å². The minimum absolute atomic E-state index is 0.656. The van der Waals surface area contributed by atoms with E-state index in [1.54, 1.807) is 0 Å². The standard InChI is InChI=1S/C16H22N4/c1-4-6-13-7-9-14(10-8-13)19-15-12(3)11-18-16(20-15)17-5-2/h7-11H,4-6H2,1-3H3,(H2,17,18,19,20). The van der Waals surface area contributed by atoms with Gasteiger partial charge in [-0.2, -0.15) is 4.98 Å². The van der Waals surface area contributed by atoms with Gasteiger partial charge in [-0.3, -0.25) is 0 Å². The molecule has 0 amide bonds. The monoisotopic (exact) mass is 270 g/mol. The zero-order valence-corrected chi connectivity index (χ0v) is 12.4. The second-order valence-electron chi connectivity index (χ2n) is 4.83. The molecule has 106 valence electrons. The quantitative estimate of drug-likeness (QED) is 0.835. The molecule has 20 heavy (non-hydrogen) atoms. The number of benzene rings is 1. The van der Waals surface area contributed by atoms with Crippen molar-refractivity contribution in [3.63, 3.8) is 0 Å². The summed E-state index contributed by atoms with van der Waals surface area (Å²) in [6.07, 6.45) is 4.13. The van der Waals surface area contributed by atoms with Crippen LogP contribution < -0.4 is 10.6 Å². The van der Waals surface area contributed by atoms with Gasteiger partial charge in [-0.25, -0.2) is 4.98 Å². The Morgan fingerprint density at radius 2 is 1.85 bits per heavy atom. The van der Waals surface area contributed by atoms with Crippen LogP contribution in [0.25, 0.3) is 0 Å². The van der Waals surface area contributed by atoms with Crippen LogP contribution in [-0.4, -0.2) is 16.5 Å². The molecule has 0 unspecified atom stereocenters. The average Bonchev–Trinajstić information content (AvgIpc) is 2.45. The fourth-order valence-electron chi connectivity index (χ4n) is 1.99. The van der Waals surface area contributed by atoms with Gasteiger partial charge in [0.05, 0.1) is 0 Å². The van der Waals surface area contributed by atoms with Crippen molar-refractivity contribution in [2.75, 3.05) is 17.2 Å². The van der Waals surface area contributed by atoms with Gasteiger partial charge >= 0.3 is 0 Å². The van der Waals surface area contributed by atoms with Crippen LogP contribution in [0.1, 0.15) is 31.4 Å². The summed E-state index contributed by atoms with van der Waals surface area (Å²) >= 11 is 0. The number of nitrogens with zero attached hydrogens (tertiary/aromatic N) is 2. The Morgan fingerprint density at radius 3 is 2.50 bits per heavy atom. The fourth-order valence-corrected chi connectivity index (χ4v) is 1.99. The van der Waals surface area contributed by atoms with Gasteiger partial charge in [-0.15, -0.1) is 0 Å². The summed E-state index contributed by atoms with van der Waals surface area (Å²) < 4.78 is 0. The molecule has 2 rings (SSSR count). The maximum Gasteiger partial charge on any atom is 0.224 e. The van der Waals surface area contributed by atoms with E-state index < -0.39 is 0 Å². The van der Waals surface area contributed by atoms with Crippen molar-refractivity contribution < 1.29 is 0 Å². The molecule has 1 heterocycles. The molecule has 2 N–H and O–H groups in total. The Bertz CT molecular complexity index is 549. The van der Waals surface area contributed by atoms with Crippen LogP contribution in [0.4, 0.5) is 17.5 Å². The highest BCUT2D eigenvalue weighted by atomic mass is 15.1. The van der Waals surface area contributed by atoms with Crippen molar-refractivity contribution >= 4 is 17.5 Å². The van der Waals surface area contributed by atoms with Gasteiger partial charge in [0, 0.05) is 24.0 Å². The zero-order chi connectivity index (χ0) is 14.4. The first-order valence-corrected chi connectivity index (χ1v) is 7.16. The molecule has 0 saturated heterocycles. The van der Waals surface area contributed by atoms with Crippen LogP contribution in [0.3, 0.4) is 0 Å². The van der Waals surface area contributed by atoms with Gasteiger partial charge in [0.15, 0.2) is 0 Å². The summed E-state index contributed by atoms with van der Waals surface area (Å²) in [5, 5.41) is 6.47. The molecule has 0 spiro atoms. The number of hydrogen-bond donors (Lipinski definition) is 2. The van der Waals surface area contributed by atoms with Gasteiger partial charge in [0.1, 0.15) is 5.82 Å². The van der Waals surface area contributed by atoms with E-state index in [2.05, 4.69) is 51.8 Å². The van der Waals surface area contributed by atoms with E-state index in [4.69, 9.17) is 0 Å². The minimum atomic E-state index is 0.656. The molecular formula is C16H22N4. The Morgan fingerprint density at radius 1 is 1.10 bits per heavy atom. The number of nitrogens with one attached hydrogen (secondary N) is 2. The van der Waals surface area contributed by atoms with E-state index >= 15 is 0 Å². The lowest BCUT2D eigenvalue weighted by Crippen LogP contribution is -2.05. The summed E-state index contributed by atoms with van der Waals surface area (Å²) in [4.78, 5) is 8.73. The summed E-state index contributed by atoms with van der Waals surface area (Å²) in [5.74, 6) is 1.50. The van der Waals surface area contributed by atoms with Crippen molar-refractivity contribution in [2.45, 2.75) is 33.6 Å². The Kier molecular flexibility index (Phi) is 4.93. The molecule has 0 bridgehead atoms. The second kappa shape index (κ2) is 6.89. The first kappa shape index (κ1) is 14.3. The zero-order valence-electron chi connectivity index (χ0n) is 12.4. The molecule has 0 saturated carbocycles. The Balaban J connectivity index is 2.14. The SMILES string of the molecule is CCCc1ccc(Nc2nc(NCC)ncc2C)cc1. The van der Waals surface area contributed by atoms with Gasteiger partial charge in [0.2, 0.25) is 5.95 Å². The highest BCUT2D eigenvalue weighted by molar-refractivity contribution is 5.60. The van der Waals surface area contributed by atoms with E-state index in [1.165, 1.54) is 12.0 Å². The van der Waals surface area contributed by atoms with Gasteiger partial charge < -0.3 is 10.6 Å². The normalized spacial score (nSPS) is 10.3. The molecule has 0 aliphatic rings. The molecule has 0 atom stereocenters. The third kappa shape index (κ3) is 3.70. The largest absolute Gasteiger partial charge is 0.354 e. The maximum absolute atomic E-state index is 4.48. The predicted octanol–water partition coefficient (Wildman–Crippen LogP) is 3.91.